The van der Waals surface area contributed by atoms with Crippen LogP contribution in [0.25, 0.3) is 0 Å². The van der Waals surface area contributed by atoms with E-state index >= 15 is 0 Å². The highest BCUT2D eigenvalue weighted by Gasteiger charge is 2.37. The van der Waals surface area contributed by atoms with Gasteiger partial charge in [-0.1, -0.05) is 39.0 Å². The van der Waals surface area contributed by atoms with Crippen molar-refractivity contribution in [2.45, 2.75) is 45.8 Å². The molecule has 2 aliphatic heterocycles. The molecule has 0 spiro atoms. The Hall–Kier alpha value is -1.06. The van der Waals surface area contributed by atoms with Crippen LogP contribution < -0.4 is 4.74 Å². The molecular weight excluding hydrogens is 262 g/mol. The van der Waals surface area contributed by atoms with Crippen LogP contribution in [0.5, 0.6) is 5.75 Å². The molecule has 2 aliphatic rings. The Morgan fingerprint density at radius 2 is 1.95 bits per heavy atom. The average molecular weight is 289 g/mol. The van der Waals surface area contributed by atoms with Crippen molar-refractivity contribution in [2.24, 2.45) is 11.8 Å². The minimum atomic E-state index is -0.429. The molecule has 1 aromatic carbocycles. The van der Waals surface area contributed by atoms with Gasteiger partial charge in [0.05, 0.1) is 6.04 Å². The van der Waals surface area contributed by atoms with Gasteiger partial charge in [0.15, 0.2) is 0 Å². The summed E-state index contributed by atoms with van der Waals surface area (Å²) >= 11 is 0. The number of aliphatic hydroxyl groups excluding tert-OH is 1. The summed E-state index contributed by atoms with van der Waals surface area (Å²) in [4.78, 5) is 2.48. The van der Waals surface area contributed by atoms with E-state index in [0.717, 1.165) is 25.3 Å². The van der Waals surface area contributed by atoms with Gasteiger partial charge in [0.1, 0.15) is 18.5 Å². The third kappa shape index (κ3) is 2.82. The van der Waals surface area contributed by atoms with Gasteiger partial charge < -0.3 is 9.84 Å². The van der Waals surface area contributed by atoms with E-state index in [2.05, 4.69) is 43.9 Å². The second kappa shape index (κ2) is 5.98. The van der Waals surface area contributed by atoms with Crippen LogP contribution in [0.2, 0.25) is 0 Å². The summed E-state index contributed by atoms with van der Waals surface area (Å²) in [7, 11) is 0. The highest BCUT2D eigenvalue weighted by Crippen LogP contribution is 2.40. The molecule has 0 saturated carbocycles. The van der Waals surface area contributed by atoms with Crippen molar-refractivity contribution in [2.75, 3.05) is 19.7 Å². The van der Waals surface area contributed by atoms with Crippen LogP contribution in [0.4, 0.5) is 0 Å². The Kier molecular flexibility index (Phi) is 4.23. The van der Waals surface area contributed by atoms with E-state index in [9.17, 15) is 5.11 Å². The van der Waals surface area contributed by atoms with Crippen molar-refractivity contribution in [3.8, 4) is 5.75 Å². The van der Waals surface area contributed by atoms with Gasteiger partial charge in [-0.25, -0.2) is 0 Å². The number of fused-ring (bicyclic) bond motifs is 1. The molecule has 3 nitrogen and oxygen atoms in total. The maximum atomic E-state index is 10.5. The predicted molar refractivity (Wildman–Crippen MR) is 84.6 cm³/mol. The molecule has 1 fully saturated rings. The van der Waals surface area contributed by atoms with Gasteiger partial charge in [0, 0.05) is 18.7 Å². The van der Waals surface area contributed by atoms with E-state index < -0.39 is 6.10 Å². The summed E-state index contributed by atoms with van der Waals surface area (Å²) < 4.78 is 5.86. The quantitative estimate of drug-likeness (QED) is 0.908. The number of aliphatic hydroxyl groups is 1. The fourth-order valence-electron chi connectivity index (χ4n) is 4.14. The lowest BCUT2D eigenvalue weighted by molar-refractivity contribution is -0.0233. The summed E-state index contributed by atoms with van der Waals surface area (Å²) in [5.41, 5.74) is 2.43. The largest absolute Gasteiger partial charge is 0.490 e. The zero-order chi connectivity index (χ0) is 15.0. The second-order valence-electron chi connectivity index (χ2n) is 6.91. The first-order chi connectivity index (χ1) is 10.1. The molecule has 3 rings (SSSR count). The number of benzene rings is 1. The molecule has 1 N–H and O–H groups in total. The molecule has 2 heterocycles. The van der Waals surface area contributed by atoms with Gasteiger partial charge >= 0.3 is 0 Å². The van der Waals surface area contributed by atoms with Gasteiger partial charge in [-0.3, -0.25) is 4.90 Å². The molecule has 0 aliphatic carbocycles. The normalized spacial score (nSPS) is 33.3. The molecule has 1 saturated heterocycles. The number of para-hydroxylation sites is 1. The Labute approximate surface area is 127 Å². The van der Waals surface area contributed by atoms with Gasteiger partial charge in [-0.2, -0.15) is 0 Å². The fraction of sp³-hybridized carbons (Fsp3) is 0.667. The minimum absolute atomic E-state index is 0.0884. The highest BCUT2D eigenvalue weighted by molar-refractivity contribution is 5.45. The molecule has 3 heteroatoms. The van der Waals surface area contributed by atoms with E-state index in [4.69, 9.17) is 4.74 Å². The van der Waals surface area contributed by atoms with Gasteiger partial charge in [-0.15, -0.1) is 0 Å². The van der Waals surface area contributed by atoms with Crippen LogP contribution in [-0.2, 0) is 6.42 Å². The number of aryl methyl sites for hydroxylation is 1. The topological polar surface area (TPSA) is 32.7 Å². The van der Waals surface area contributed by atoms with Crippen LogP contribution in [0.1, 0.15) is 44.4 Å². The first-order valence-electron chi connectivity index (χ1n) is 8.26. The van der Waals surface area contributed by atoms with Crippen molar-refractivity contribution >= 4 is 0 Å². The van der Waals surface area contributed by atoms with E-state index in [1.165, 1.54) is 17.5 Å². The molecule has 0 radical (unpaired) electrons. The van der Waals surface area contributed by atoms with E-state index in [1.54, 1.807) is 0 Å². The Morgan fingerprint density at radius 1 is 1.24 bits per heavy atom. The zero-order valence-corrected chi connectivity index (χ0v) is 13.4. The Morgan fingerprint density at radius 3 is 2.62 bits per heavy atom. The molecule has 116 valence electrons. The van der Waals surface area contributed by atoms with E-state index in [0.29, 0.717) is 18.4 Å². The van der Waals surface area contributed by atoms with Crippen LogP contribution in [0.15, 0.2) is 18.2 Å². The highest BCUT2D eigenvalue weighted by atomic mass is 16.5. The van der Waals surface area contributed by atoms with Gasteiger partial charge in [0.2, 0.25) is 0 Å². The van der Waals surface area contributed by atoms with E-state index in [-0.39, 0.29) is 6.04 Å². The Balaban J connectivity index is 1.95. The Bertz CT molecular complexity index is 492. The summed E-state index contributed by atoms with van der Waals surface area (Å²) in [6.45, 7) is 9.34. The third-order valence-electron chi connectivity index (χ3n) is 4.88. The van der Waals surface area contributed by atoms with Crippen LogP contribution in [-0.4, -0.2) is 35.8 Å². The minimum Gasteiger partial charge on any atom is -0.490 e. The monoisotopic (exact) mass is 289 g/mol. The van der Waals surface area contributed by atoms with Crippen LogP contribution >= 0.6 is 0 Å². The SMILES string of the molecule is CCc1cccc2c1OCC(O)C2N1CC(C)CC(C)C1. The molecule has 1 aromatic rings. The fourth-order valence-corrected chi connectivity index (χ4v) is 4.14. The number of piperidine rings is 1. The van der Waals surface area contributed by atoms with Crippen molar-refractivity contribution < 1.29 is 9.84 Å². The number of rotatable bonds is 2. The first-order valence-corrected chi connectivity index (χ1v) is 8.26. The van der Waals surface area contributed by atoms with Crippen molar-refractivity contribution in [3.05, 3.63) is 29.3 Å². The molecule has 0 bridgehead atoms. The lowest BCUT2D eigenvalue weighted by atomic mass is 9.87. The number of likely N-dealkylation sites (tertiary alicyclic amines) is 1. The molecule has 0 amide bonds. The number of hydrogen-bond donors (Lipinski definition) is 1. The zero-order valence-electron chi connectivity index (χ0n) is 13.4. The maximum Gasteiger partial charge on any atom is 0.127 e. The molecular formula is C18H27NO2. The van der Waals surface area contributed by atoms with Gasteiger partial charge in [0.25, 0.3) is 0 Å². The maximum absolute atomic E-state index is 10.5. The first kappa shape index (κ1) is 14.9. The summed E-state index contributed by atoms with van der Waals surface area (Å²) in [6, 6.07) is 6.45. The standard InChI is InChI=1S/C18H27NO2/c1-4-14-6-5-7-15-17(16(20)11-21-18(14)15)19-9-12(2)8-13(3)10-19/h5-7,12-13,16-17,20H,4,8-11H2,1-3H3. The van der Waals surface area contributed by atoms with Crippen LogP contribution in [0, 0.1) is 11.8 Å². The lowest BCUT2D eigenvalue weighted by Crippen LogP contribution is -2.48. The average Bonchev–Trinajstić information content (AvgIpc) is 2.45. The third-order valence-corrected chi connectivity index (χ3v) is 4.88. The predicted octanol–water partition coefficient (Wildman–Crippen LogP) is 3.02. The summed E-state index contributed by atoms with van der Waals surface area (Å²) in [6.07, 6.45) is 1.83. The molecule has 4 atom stereocenters. The second-order valence-corrected chi connectivity index (χ2v) is 6.91. The van der Waals surface area contributed by atoms with Crippen molar-refractivity contribution in [1.82, 2.24) is 4.90 Å². The summed E-state index contributed by atoms with van der Waals surface area (Å²) in [5.74, 6) is 2.41. The number of ether oxygens (including phenoxy) is 1. The molecule has 4 unspecified atom stereocenters. The van der Waals surface area contributed by atoms with Crippen LogP contribution in [0.3, 0.4) is 0 Å². The number of hydrogen-bond acceptors (Lipinski definition) is 3. The van der Waals surface area contributed by atoms with Crippen molar-refractivity contribution in [1.29, 1.82) is 0 Å². The summed E-state index contributed by atoms with van der Waals surface area (Å²) in [5, 5.41) is 10.5. The van der Waals surface area contributed by atoms with E-state index in [1.807, 2.05) is 0 Å². The smallest absolute Gasteiger partial charge is 0.127 e. The lowest BCUT2D eigenvalue weighted by Gasteiger charge is -2.44. The van der Waals surface area contributed by atoms with Crippen molar-refractivity contribution in [3.63, 3.8) is 0 Å². The molecule has 0 aromatic heterocycles. The molecule has 21 heavy (non-hydrogen) atoms. The van der Waals surface area contributed by atoms with Gasteiger partial charge in [-0.05, 0) is 30.2 Å². The number of nitrogens with zero attached hydrogens (tertiary/aromatic N) is 1.